The lowest BCUT2D eigenvalue weighted by Crippen LogP contribution is -2.21. The number of nitrogen functional groups attached to an aromatic ring is 1. The topological polar surface area (TPSA) is 65.1 Å². The van der Waals surface area contributed by atoms with E-state index in [4.69, 9.17) is 11.1 Å². The maximum Gasteiger partial charge on any atom is 0.263 e. The van der Waals surface area contributed by atoms with Gasteiger partial charge in [-0.25, -0.2) is 13.1 Å². The summed E-state index contributed by atoms with van der Waals surface area (Å²) in [4.78, 5) is 0.946. The largest absolute Gasteiger partial charge is 0.388 e. The van der Waals surface area contributed by atoms with Crippen LogP contribution < -0.4 is 11.1 Å². The van der Waals surface area contributed by atoms with Crippen molar-refractivity contribution in [3.05, 3.63) is 47.0 Å². The highest BCUT2D eigenvalue weighted by Crippen LogP contribution is 2.40. The smallest absolute Gasteiger partial charge is 0.263 e. The van der Waals surface area contributed by atoms with Crippen LogP contribution in [-0.2, 0) is 0 Å². The van der Waals surface area contributed by atoms with Crippen molar-refractivity contribution in [1.82, 2.24) is 4.31 Å². The molecule has 1 atom stereocenters. The van der Waals surface area contributed by atoms with Gasteiger partial charge >= 0.3 is 0 Å². The van der Waals surface area contributed by atoms with Crippen LogP contribution in [-0.4, -0.2) is 35.7 Å². The molecule has 7 heteroatoms. The maximum atomic E-state index is 13.6. The number of nitrogens with zero attached hydrogens (tertiary/aromatic N) is 1. The number of nitrogens with one attached hydrogen (secondary N) is 2. The van der Waals surface area contributed by atoms with E-state index in [0.29, 0.717) is 5.56 Å². The summed E-state index contributed by atoms with van der Waals surface area (Å²) in [5.41, 5.74) is 11.4. The van der Waals surface area contributed by atoms with Crippen LogP contribution >= 0.6 is 11.9 Å². The number of benzene rings is 2. The van der Waals surface area contributed by atoms with Gasteiger partial charge < -0.3 is 11.1 Å². The van der Waals surface area contributed by atoms with Gasteiger partial charge in [0.25, 0.3) is 5.92 Å². The van der Waals surface area contributed by atoms with Crippen molar-refractivity contribution in [2.24, 2.45) is 5.73 Å². The summed E-state index contributed by atoms with van der Waals surface area (Å²) in [7, 11) is 1.81. The highest BCUT2D eigenvalue weighted by atomic mass is 32.2. The maximum absolute atomic E-state index is 13.6. The van der Waals surface area contributed by atoms with Gasteiger partial charge in [0.05, 0.1) is 6.54 Å². The lowest BCUT2D eigenvalue weighted by molar-refractivity contribution is 0.0179. The molecule has 0 aromatic heterocycles. The minimum Gasteiger partial charge on any atom is -0.388 e. The molecular formula is C21H26F2N4S. The molecule has 2 aromatic rings. The molecule has 0 amide bonds. The van der Waals surface area contributed by atoms with Gasteiger partial charge in [0.1, 0.15) is 5.84 Å². The molecule has 1 unspecified atom stereocenters. The number of aryl methyl sites for hydroxylation is 1. The Bertz CT molecular complexity index is 914. The van der Waals surface area contributed by atoms with Crippen LogP contribution in [0, 0.1) is 19.3 Å². The minimum atomic E-state index is -2.61. The Morgan fingerprint density at radius 2 is 1.93 bits per heavy atom. The Labute approximate surface area is 169 Å². The quantitative estimate of drug-likeness (QED) is 0.371. The van der Waals surface area contributed by atoms with Crippen LogP contribution in [0.1, 0.15) is 30.0 Å². The number of alkyl halides is 2. The molecule has 4 N–H and O–H groups in total. The Morgan fingerprint density at radius 1 is 1.25 bits per heavy atom. The number of amidine groups is 1. The molecule has 0 radical (unpaired) electrons. The Balaban J connectivity index is 1.91. The van der Waals surface area contributed by atoms with E-state index in [2.05, 4.69) is 5.32 Å². The second-order valence-electron chi connectivity index (χ2n) is 7.38. The first kappa shape index (κ1) is 20.6. The summed E-state index contributed by atoms with van der Waals surface area (Å²) in [6, 6.07) is 9.80. The fourth-order valence-electron chi connectivity index (χ4n) is 3.79. The Morgan fingerprint density at radius 3 is 2.46 bits per heavy atom. The molecule has 1 aliphatic rings. The van der Waals surface area contributed by atoms with E-state index in [1.165, 1.54) is 11.9 Å². The Hall–Kier alpha value is -2.12. The van der Waals surface area contributed by atoms with Crippen molar-refractivity contribution in [2.45, 2.75) is 44.1 Å². The van der Waals surface area contributed by atoms with Crippen molar-refractivity contribution in [2.75, 3.05) is 18.9 Å². The standard InChI is InChI=1S/C21H26F2N4S/c1-12-9-15(28-27-11-21(22,23)10-13(27)2)5-6-16(12)17-7-8-18(26-4)19(14(17)3)20(24)25/h5-9,13,26H,10-11H2,1-4H3,(H3,24,25). The van der Waals surface area contributed by atoms with Crippen molar-refractivity contribution >= 4 is 23.5 Å². The molecule has 0 saturated carbocycles. The highest BCUT2D eigenvalue weighted by molar-refractivity contribution is 7.97. The zero-order chi connectivity index (χ0) is 20.6. The van der Waals surface area contributed by atoms with Crippen molar-refractivity contribution in [3.63, 3.8) is 0 Å². The second kappa shape index (κ2) is 7.72. The number of rotatable bonds is 5. The van der Waals surface area contributed by atoms with Gasteiger partial charge in [-0.05, 0) is 73.2 Å². The van der Waals surface area contributed by atoms with E-state index in [1.807, 2.05) is 51.1 Å². The predicted octanol–water partition coefficient (Wildman–Crippen LogP) is 5.03. The van der Waals surface area contributed by atoms with Crippen LogP contribution in [0.5, 0.6) is 0 Å². The molecule has 4 nitrogen and oxygen atoms in total. The summed E-state index contributed by atoms with van der Waals surface area (Å²) >= 11 is 1.39. The third kappa shape index (κ3) is 4.00. The first-order valence-electron chi connectivity index (χ1n) is 9.22. The molecule has 1 heterocycles. The van der Waals surface area contributed by atoms with Crippen molar-refractivity contribution in [3.8, 4) is 11.1 Å². The third-order valence-corrected chi connectivity index (χ3v) is 6.38. The van der Waals surface area contributed by atoms with Gasteiger partial charge in [-0.2, -0.15) is 0 Å². The number of halogens is 2. The number of hydrogen-bond donors (Lipinski definition) is 3. The molecule has 0 bridgehead atoms. The molecule has 150 valence electrons. The monoisotopic (exact) mass is 404 g/mol. The fraction of sp³-hybridized carbons (Fsp3) is 0.381. The van der Waals surface area contributed by atoms with E-state index >= 15 is 0 Å². The van der Waals surface area contributed by atoms with Gasteiger partial charge in [-0.1, -0.05) is 12.1 Å². The number of hydrogen-bond acceptors (Lipinski definition) is 4. The fourth-order valence-corrected chi connectivity index (χ4v) is 4.93. The Kier molecular flexibility index (Phi) is 5.68. The zero-order valence-electron chi connectivity index (χ0n) is 16.6. The highest BCUT2D eigenvalue weighted by Gasteiger charge is 2.43. The van der Waals surface area contributed by atoms with Crippen molar-refractivity contribution < 1.29 is 8.78 Å². The number of nitrogens with two attached hydrogens (primary N) is 1. The molecule has 0 spiro atoms. The van der Waals surface area contributed by atoms with Gasteiger partial charge in [0.2, 0.25) is 0 Å². The zero-order valence-corrected chi connectivity index (χ0v) is 17.4. The summed E-state index contributed by atoms with van der Waals surface area (Å²) in [6.45, 7) is 5.60. The van der Waals surface area contributed by atoms with Crippen LogP contribution in [0.15, 0.2) is 35.2 Å². The molecule has 1 saturated heterocycles. The van der Waals surface area contributed by atoms with Gasteiger partial charge in [0.15, 0.2) is 0 Å². The van der Waals surface area contributed by atoms with Gasteiger partial charge in [0, 0.05) is 35.7 Å². The van der Waals surface area contributed by atoms with Crippen LogP contribution in [0.25, 0.3) is 11.1 Å². The van der Waals surface area contributed by atoms with Crippen LogP contribution in [0.4, 0.5) is 14.5 Å². The molecule has 2 aromatic carbocycles. The van der Waals surface area contributed by atoms with Gasteiger partial charge in [-0.3, -0.25) is 5.41 Å². The summed E-state index contributed by atoms with van der Waals surface area (Å²) in [5, 5.41) is 11.0. The van der Waals surface area contributed by atoms with Crippen LogP contribution in [0.2, 0.25) is 0 Å². The first-order chi connectivity index (χ1) is 13.1. The van der Waals surface area contributed by atoms with E-state index in [1.54, 1.807) is 11.4 Å². The van der Waals surface area contributed by atoms with Crippen LogP contribution in [0.3, 0.4) is 0 Å². The molecule has 28 heavy (non-hydrogen) atoms. The summed E-state index contributed by atoms with van der Waals surface area (Å²) in [5.74, 6) is -2.59. The first-order valence-corrected chi connectivity index (χ1v) is 9.99. The molecular weight excluding hydrogens is 378 g/mol. The average Bonchev–Trinajstić information content (AvgIpc) is 2.86. The van der Waals surface area contributed by atoms with E-state index in [9.17, 15) is 8.78 Å². The molecule has 0 aliphatic carbocycles. The van der Waals surface area contributed by atoms with Crippen molar-refractivity contribution in [1.29, 1.82) is 5.41 Å². The second-order valence-corrected chi connectivity index (χ2v) is 8.50. The molecule has 3 rings (SSSR count). The molecule has 1 aliphatic heterocycles. The normalized spacial score (nSPS) is 19.0. The van der Waals surface area contributed by atoms with Gasteiger partial charge in [-0.15, -0.1) is 0 Å². The number of anilines is 1. The summed E-state index contributed by atoms with van der Waals surface area (Å²) in [6.07, 6.45) is -0.0953. The summed E-state index contributed by atoms with van der Waals surface area (Å²) < 4.78 is 29.0. The van der Waals surface area contributed by atoms with E-state index < -0.39 is 5.92 Å². The van der Waals surface area contributed by atoms with E-state index in [-0.39, 0.29) is 24.8 Å². The molecule has 1 fully saturated rings. The lowest BCUT2D eigenvalue weighted by Gasteiger charge is -2.20. The predicted molar refractivity (Wildman–Crippen MR) is 114 cm³/mol. The lowest BCUT2D eigenvalue weighted by atomic mass is 9.92. The van der Waals surface area contributed by atoms with E-state index in [0.717, 1.165) is 32.8 Å². The average molecular weight is 405 g/mol. The third-order valence-electron chi connectivity index (χ3n) is 5.19. The SMILES string of the molecule is CNc1ccc(-c2ccc(SN3CC(F)(F)CC3C)cc2C)c(C)c1C(=N)N. The minimum absolute atomic E-state index is 0.0254.